The maximum atomic E-state index is 6.19. The molecule has 0 spiro atoms. The van der Waals surface area contributed by atoms with E-state index in [2.05, 4.69) is 25.7 Å². The van der Waals surface area contributed by atoms with Crippen molar-refractivity contribution in [1.82, 2.24) is 4.90 Å². The maximum absolute atomic E-state index is 6.19. The van der Waals surface area contributed by atoms with Gasteiger partial charge in [0.25, 0.3) is 0 Å². The number of rotatable bonds is 3. The third kappa shape index (κ3) is 4.46. The predicted octanol–water partition coefficient (Wildman–Crippen LogP) is 3.65. The molecule has 1 aliphatic heterocycles. The average molecular weight is 266 g/mol. The van der Waals surface area contributed by atoms with E-state index in [1.165, 1.54) is 64.6 Å². The van der Waals surface area contributed by atoms with Crippen molar-refractivity contribution < 1.29 is 0 Å². The summed E-state index contributed by atoms with van der Waals surface area (Å²) in [6, 6.07) is 0.495. The lowest BCUT2D eigenvalue weighted by Gasteiger charge is -2.30. The van der Waals surface area contributed by atoms with Crippen molar-refractivity contribution in [2.45, 2.75) is 71.8 Å². The molecule has 0 aromatic rings. The van der Waals surface area contributed by atoms with Crippen LogP contribution in [0.3, 0.4) is 0 Å². The van der Waals surface area contributed by atoms with Crippen LogP contribution in [0.4, 0.5) is 0 Å². The third-order valence-electron chi connectivity index (χ3n) is 5.58. The van der Waals surface area contributed by atoms with E-state index in [0.717, 1.165) is 11.8 Å². The van der Waals surface area contributed by atoms with Crippen molar-refractivity contribution in [1.29, 1.82) is 0 Å². The van der Waals surface area contributed by atoms with Gasteiger partial charge in [0.2, 0.25) is 0 Å². The molecule has 19 heavy (non-hydrogen) atoms. The van der Waals surface area contributed by atoms with Crippen LogP contribution in [0, 0.1) is 17.3 Å². The van der Waals surface area contributed by atoms with Gasteiger partial charge in [0.15, 0.2) is 0 Å². The quantitative estimate of drug-likeness (QED) is 0.845. The van der Waals surface area contributed by atoms with Gasteiger partial charge >= 0.3 is 0 Å². The van der Waals surface area contributed by atoms with E-state index in [9.17, 15) is 0 Å². The number of hydrogen-bond donors (Lipinski definition) is 1. The third-order valence-corrected chi connectivity index (χ3v) is 5.58. The summed E-state index contributed by atoms with van der Waals surface area (Å²) in [6.45, 7) is 11.1. The second kappa shape index (κ2) is 6.58. The highest BCUT2D eigenvalue weighted by Crippen LogP contribution is 2.34. The Morgan fingerprint density at radius 2 is 1.79 bits per heavy atom. The molecule has 3 unspecified atom stereocenters. The smallest absolute Gasteiger partial charge is 0.00676 e. The molecule has 3 atom stereocenters. The molecule has 0 radical (unpaired) electrons. The molecule has 0 bridgehead atoms. The van der Waals surface area contributed by atoms with Gasteiger partial charge < -0.3 is 10.6 Å². The minimum absolute atomic E-state index is 0.490. The lowest BCUT2D eigenvalue weighted by atomic mass is 9.77. The van der Waals surface area contributed by atoms with E-state index >= 15 is 0 Å². The standard InChI is InChI=1S/C17H34N2/c1-17(2,3)15-7-5-11-19(13-10-15)12-9-14-6-4-8-16(14)18/h14-16H,4-13,18H2,1-3H3. The van der Waals surface area contributed by atoms with Crippen LogP contribution in [0.1, 0.15) is 65.7 Å². The van der Waals surface area contributed by atoms with Gasteiger partial charge in [0.1, 0.15) is 0 Å². The summed E-state index contributed by atoms with van der Waals surface area (Å²) in [5.74, 6) is 1.72. The molecule has 2 N–H and O–H groups in total. The molecule has 2 rings (SSSR count). The van der Waals surface area contributed by atoms with Crippen molar-refractivity contribution in [3.05, 3.63) is 0 Å². The summed E-state index contributed by atoms with van der Waals surface area (Å²) in [5, 5.41) is 0. The molecule has 2 aliphatic rings. The van der Waals surface area contributed by atoms with E-state index in [1.54, 1.807) is 0 Å². The molecule has 2 nitrogen and oxygen atoms in total. The van der Waals surface area contributed by atoms with Gasteiger partial charge in [-0.3, -0.25) is 0 Å². The first-order valence-electron chi connectivity index (χ1n) is 8.45. The fraction of sp³-hybridized carbons (Fsp3) is 1.00. The molecule has 1 saturated heterocycles. The van der Waals surface area contributed by atoms with Crippen LogP contribution in [0.25, 0.3) is 0 Å². The van der Waals surface area contributed by atoms with E-state index in [0.29, 0.717) is 11.5 Å². The molecule has 0 aromatic heterocycles. The summed E-state index contributed by atoms with van der Waals surface area (Å²) < 4.78 is 0. The van der Waals surface area contributed by atoms with Crippen molar-refractivity contribution in [2.24, 2.45) is 23.0 Å². The highest BCUT2D eigenvalue weighted by atomic mass is 15.1. The Morgan fingerprint density at radius 1 is 1.00 bits per heavy atom. The fourth-order valence-electron chi connectivity index (χ4n) is 4.02. The van der Waals surface area contributed by atoms with Gasteiger partial charge in [0.05, 0.1) is 0 Å². The van der Waals surface area contributed by atoms with Crippen molar-refractivity contribution in [2.75, 3.05) is 19.6 Å². The molecular weight excluding hydrogens is 232 g/mol. The topological polar surface area (TPSA) is 29.3 Å². The number of likely N-dealkylation sites (tertiary alicyclic amines) is 1. The second-order valence-corrected chi connectivity index (χ2v) is 7.98. The van der Waals surface area contributed by atoms with E-state index in [-0.39, 0.29) is 0 Å². The first kappa shape index (κ1) is 15.3. The fourth-order valence-corrected chi connectivity index (χ4v) is 4.02. The van der Waals surface area contributed by atoms with Crippen molar-refractivity contribution >= 4 is 0 Å². The monoisotopic (exact) mass is 266 g/mol. The normalized spacial score (nSPS) is 34.4. The minimum Gasteiger partial charge on any atom is -0.327 e. The zero-order valence-electron chi connectivity index (χ0n) is 13.3. The van der Waals surface area contributed by atoms with Crippen LogP contribution < -0.4 is 5.73 Å². The highest BCUT2D eigenvalue weighted by Gasteiger charge is 2.28. The van der Waals surface area contributed by atoms with Crippen molar-refractivity contribution in [3.8, 4) is 0 Å². The predicted molar refractivity (Wildman–Crippen MR) is 83.2 cm³/mol. The van der Waals surface area contributed by atoms with E-state index in [4.69, 9.17) is 5.73 Å². The summed E-state index contributed by atoms with van der Waals surface area (Å²) in [6.07, 6.45) is 9.53. The minimum atomic E-state index is 0.490. The first-order chi connectivity index (χ1) is 8.97. The molecule has 1 aliphatic carbocycles. The Hall–Kier alpha value is -0.0800. The molecule has 0 amide bonds. The van der Waals surface area contributed by atoms with Gasteiger partial charge in [-0.2, -0.15) is 0 Å². The maximum Gasteiger partial charge on any atom is 0.00676 e. The lowest BCUT2D eigenvalue weighted by Crippen LogP contribution is -2.31. The van der Waals surface area contributed by atoms with Crippen LogP contribution in [-0.4, -0.2) is 30.6 Å². The van der Waals surface area contributed by atoms with Crippen LogP contribution >= 0.6 is 0 Å². The largest absolute Gasteiger partial charge is 0.327 e. The Morgan fingerprint density at radius 3 is 2.42 bits per heavy atom. The summed E-state index contributed by atoms with van der Waals surface area (Å²) in [7, 11) is 0. The van der Waals surface area contributed by atoms with Gasteiger partial charge in [-0.15, -0.1) is 0 Å². The zero-order valence-corrected chi connectivity index (χ0v) is 13.3. The molecule has 112 valence electrons. The summed E-state index contributed by atoms with van der Waals surface area (Å²) >= 11 is 0. The zero-order chi connectivity index (χ0) is 13.9. The van der Waals surface area contributed by atoms with E-state index < -0.39 is 0 Å². The molecule has 0 aromatic carbocycles. The number of nitrogens with two attached hydrogens (primary N) is 1. The first-order valence-corrected chi connectivity index (χ1v) is 8.45. The Bertz CT molecular complexity index is 269. The van der Waals surface area contributed by atoms with Gasteiger partial charge in [-0.05, 0) is 75.4 Å². The van der Waals surface area contributed by atoms with E-state index in [1.807, 2.05) is 0 Å². The molecule has 1 saturated carbocycles. The van der Waals surface area contributed by atoms with Gasteiger partial charge in [-0.1, -0.05) is 27.2 Å². The van der Waals surface area contributed by atoms with Gasteiger partial charge in [-0.25, -0.2) is 0 Å². The molecule has 2 heteroatoms. The number of hydrogen-bond acceptors (Lipinski definition) is 2. The van der Waals surface area contributed by atoms with Crippen LogP contribution in [0.15, 0.2) is 0 Å². The van der Waals surface area contributed by atoms with Crippen LogP contribution in [-0.2, 0) is 0 Å². The lowest BCUT2D eigenvalue weighted by molar-refractivity contribution is 0.204. The Kier molecular flexibility index (Phi) is 5.30. The molecule has 1 heterocycles. The Balaban J connectivity index is 1.73. The summed E-state index contributed by atoms with van der Waals surface area (Å²) in [5.41, 5.74) is 6.68. The second-order valence-electron chi connectivity index (χ2n) is 7.98. The SMILES string of the molecule is CC(C)(C)C1CCCN(CCC2CCCC2N)CC1. The van der Waals surface area contributed by atoms with Crippen molar-refractivity contribution in [3.63, 3.8) is 0 Å². The molecule has 2 fully saturated rings. The molecular formula is C17H34N2. The Labute approximate surface area is 120 Å². The highest BCUT2D eigenvalue weighted by molar-refractivity contribution is 4.82. The summed E-state index contributed by atoms with van der Waals surface area (Å²) in [4.78, 5) is 2.71. The van der Waals surface area contributed by atoms with Crippen LogP contribution in [0.5, 0.6) is 0 Å². The van der Waals surface area contributed by atoms with Crippen LogP contribution in [0.2, 0.25) is 0 Å². The van der Waals surface area contributed by atoms with Gasteiger partial charge in [0, 0.05) is 6.04 Å². The average Bonchev–Trinajstić information content (AvgIpc) is 2.61. The number of nitrogens with zero attached hydrogens (tertiary/aromatic N) is 1.